The Balaban J connectivity index is 1.49. The molecule has 1 saturated carbocycles. The Kier molecular flexibility index (Phi) is 4.73. The van der Waals surface area contributed by atoms with Gasteiger partial charge in [0.25, 0.3) is 0 Å². The first-order valence-corrected chi connectivity index (χ1v) is 8.30. The van der Waals surface area contributed by atoms with Crippen molar-refractivity contribution in [3.8, 4) is 0 Å². The minimum Gasteiger partial charge on any atom is -0.337 e. The number of hydrogen-bond donors (Lipinski definition) is 1. The largest absolute Gasteiger partial charge is 0.337 e. The first-order valence-electron chi connectivity index (χ1n) is 8.30. The van der Waals surface area contributed by atoms with Crippen molar-refractivity contribution in [3.63, 3.8) is 0 Å². The molecule has 112 valence electrons. The third-order valence-electron chi connectivity index (χ3n) is 4.80. The van der Waals surface area contributed by atoms with Crippen LogP contribution in [0.15, 0.2) is 18.7 Å². The summed E-state index contributed by atoms with van der Waals surface area (Å²) in [6.07, 6.45) is 12.6. The van der Waals surface area contributed by atoms with E-state index in [2.05, 4.69) is 32.9 Å². The molecule has 0 bridgehead atoms. The highest BCUT2D eigenvalue weighted by atomic mass is 15.2. The molecule has 1 aliphatic carbocycles. The number of rotatable bonds is 7. The van der Waals surface area contributed by atoms with Gasteiger partial charge in [0.05, 0.1) is 6.33 Å². The fraction of sp³-hybridized carbons (Fsp3) is 0.812. The van der Waals surface area contributed by atoms with Gasteiger partial charge < -0.3 is 9.88 Å². The summed E-state index contributed by atoms with van der Waals surface area (Å²) < 4.78 is 2.19. The maximum absolute atomic E-state index is 4.11. The van der Waals surface area contributed by atoms with Crippen molar-refractivity contribution in [2.45, 2.75) is 57.7 Å². The lowest BCUT2D eigenvalue weighted by Crippen LogP contribution is -2.57. The fourth-order valence-electron chi connectivity index (χ4n) is 3.46. The van der Waals surface area contributed by atoms with Gasteiger partial charge in [0.15, 0.2) is 0 Å². The van der Waals surface area contributed by atoms with Gasteiger partial charge in [-0.2, -0.15) is 0 Å². The van der Waals surface area contributed by atoms with Crippen LogP contribution in [0.2, 0.25) is 0 Å². The molecular weight excluding hydrogens is 248 g/mol. The van der Waals surface area contributed by atoms with E-state index < -0.39 is 0 Å². The van der Waals surface area contributed by atoms with Gasteiger partial charge in [0.2, 0.25) is 0 Å². The molecule has 2 fully saturated rings. The van der Waals surface area contributed by atoms with E-state index >= 15 is 0 Å². The van der Waals surface area contributed by atoms with Gasteiger partial charge in [0, 0.05) is 50.7 Å². The zero-order valence-corrected chi connectivity index (χ0v) is 12.7. The predicted molar refractivity (Wildman–Crippen MR) is 81.6 cm³/mol. The summed E-state index contributed by atoms with van der Waals surface area (Å²) in [4.78, 5) is 6.86. The quantitative estimate of drug-likeness (QED) is 0.828. The smallest absolute Gasteiger partial charge is 0.0945 e. The summed E-state index contributed by atoms with van der Waals surface area (Å²) >= 11 is 0. The second kappa shape index (κ2) is 6.72. The molecule has 1 saturated heterocycles. The van der Waals surface area contributed by atoms with Gasteiger partial charge in [-0.3, -0.25) is 4.90 Å². The third kappa shape index (κ3) is 3.61. The lowest BCUT2D eigenvalue weighted by atomic mass is 10.0. The number of imidazole rings is 1. The van der Waals surface area contributed by atoms with E-state index in [4.69, 9.17) is 0 Å². The van der Waals surface area contributed by atoms with E-state index in [0.29, 0.717) is 0 Å². The first kappa shape index (κ1) is 14.1. The summed E-state index contributed by atoms with van der Waals surface area (Å²) in [5.74, 6) is 0.966. The summed E-state index contributed by atoms with van der Waals surface area (Å²) in [5.41, 5.74) is 0. The minimum atomic E-state index is 0.748. The van der Waals surface area contributed by atoms with E-state index in [1.807, 2.05) is 12.5 Å². The van der Waals surface area contributed by atoms with E-state index in [1.54, 1.807) is 0 Å². The van der Waals surface area contributed by atoms with Crippen LogP contribution in [0.1, 0.15) is 39.0 Å². The van der Waals surface area contributed by atoms with Crippen LogP contribution in [0.25, 0.3) is 0 Å². The second-order valence-corrected chi connectivity index (χ2v) is 6.44. The normalized spacial score (nSPS) is 27.9. The van der Waals surface area contributed by atoms with Crippen LogP contribution in [-0.4, -0.2) is 46.2 Å². The highest BCUT2D eigenvalue weighted by Gasteiger charge is 2.36. The van der Waals surface area contributed by atoms with Crippen molar-refractivity contribution in [2.24, 2.45) is 5.92 Å². The molecular formula is C16H28N4. The SMILES string of the molecule is CCCC1CNC(C2CC2)CN1CCCn1ccnc1. The average Bonchev–Trinajstić information content (AvgIpc) is 3.18. The highest BCUT2D eigenvalue weighted by molar-refractivity contribution is 4.94. The van der Waals surface area contributed by atoms with E-state index in [1.165, 1.54) is 51.7 Å². The molecule has 20 heavy (non-hydrogen) atoms. The molecule has 1 aromatic heterocycles. The van der Waals surface area contributed by atoms with E-state index in [-0.39, 0.29) is 0 Å². The zero-order valence-electron chi connectivity index (χ0n) is 12.7. The molecule has 0 radical (unpaired) electrons. The molecule has 4 nitrogen and oxygen atoms in total. The van der Waals surface area contributed by atoms with Crippen LogP contribution in [0.3, 0.4) is 0 Å². The van der Waals surface area contributed by atoms with Gasteiger partial charge in [0.1, 0.15) is 0 Å². The molecule has 2 aliphatic rings. The number of nitrogens with zero attached hydrogens (tertiary/aromatic N) is 3. The molecule has 2 atom stereocenters. The Morgan fingerprint density at radius 3 is 2.90 bits per heavy atom. The van der Waals surface area contributed by atoms with Crippen molar-refractivity contribution in [1.29, 1.82) is 0 Å². The standard InChI is InChI=1S/C16H28N4/c1-2-4-15-11-18-16(14-5-6-14)12-20(15)9-3-8-19-10-7-17-13-19/h7,10,13-16,18H,2-6,8-9,11-12H2,1H3. The van der Waals surface area contributed by atoms with E-state index in [0.717, 1.165) is 24.5 Å². The average molecular weight is 276 g/mol. The van der Waals surface area contributed by atoms with Crippen LogP contribution in [0, 0.1) is 5.92 Å². The minimum absolute atomic E-state index is 0.748. The fourth-order valence-corrected chi connectivity index (χ4v) is 3.46. The van der Waals surface area contributed by atoms with Gasteiger partial charge in [-0.15, -0.1) is 0 Å². The first-order chi connectivity index (χ1) is 9.86. The van der Waals surface area contributed by atoms with Crippen LogP contribution in [-0.2, 0) is 6.54 Å². The van der Waals surface area contributed by atoms with Crippen LogP contribution >= 0.6 is 0 Å². The van der Waals surface area contributed by atoms with Crippen molar-refractivity contribution in [1.82, 2.24) is 19.8 Å². The van der Waals surface area contributed by atoms with E-state index in [9.17, 15) is 0 Å². The number of nitrogens with one attached hydrogen (secondary N) is 1. The lowest BCUT2D eigenvalue weighted by Gasteiger charge is -2.41. The Morgan fingerprint density at radius 1 is 1.30 bits per heavy atom. The second-order valence-electron chi connectivity index (χ2n) is 6.44. The van der Waals surface area contributed by atoms with Gasteiger partial charge in [-0.05, 0) is 31.6 Å². The summed E-state index contributed by atoms with van der Waals surface area (Å²) in [6.45, 7) is 7.08. The number of piperazine rings is 1. The predicted octanol–water partition coefficient (Wildman–Crippen LogP) is 2.13. The lowest BCUT2D eigenvalue weighted by molar-refractivity contribution is 0.112. The van der Waals surface area contributed by atoms with Gasteiger partial charge in [-0.1, -0.05) is 13.3 Å². The van der Waals surface area contributed by atoms with Crippen molar-refractivity contribution in [2.75, 3.05) is 19.6 Å². The van der Waals surface area contributed by atoms with Crippen molar-refractivity contribution < 1.29 is 0 Å². The van der Waals surface area contributed by atoms with Crippen LogP contribution in [0.4, 0.5) is 0 Å². The number of hydrogen-bond acceptors (Lipinski definition) is 3. The maximum atomic E-state index is 4.11. The van der Waals surface area contributed by atoms with Crippen LogP contribution in [0.5, 0.6) is 0 Å². The molecule has 1 aliphatic heterocycles. The molecule has 1 N–H and O–H groups in total. The Hall–Kier alpha value is -0.870. The molecule has 4 heteroatoms. The third-order valence-corrected chi connectivity index (χ3v) is 4.80. The summed E-state index contributed by atoms with van der Waals surface area (Å²) in [7, 11) is 0. The Morgan fingerprint density at radius 2 is 2.20 bits per heavy atom. The zero-order chi connectivity index (χ0) is 13.8. The van der Waals surface area contributed by atoms with Gasteiger partial charge in [-0.25, -0.2) is 4.98 Å². The van der Waals surface area contributed by atoms with Gasteiger partial charge >= 0.3 is 0 Å². The molecule has 2 heterocycles. The number of aromatic nitrogens is 2. The Bertz CT molecular complexity index is 385. The Labute approximate surface area is 122 Å². The maximum Gasteiger partial charge on any atom is 0.0945 e. The summed E-state index contributed by atoms with van der Waals surface area (Å²) in [5, 5.41) is 3.79. The summed E-state index contributed by atoms with van der Waals surface area (Å²) in [6, 6.07) is 1.51. The molecule has 1 aromatic rings. The van der Waals surface area contributed by atoms with Crippen LogP contribution < -0.4 is 5.32 Å². The number of aryl methyl sites for hydroxylation is 1. The van der Waals surface area contributed by atoms with Crippen molar-refractivity contribution in [3.05, 3.63) is 18.7 Å². The monoisotopic (exact) mass is 276 g/mol. The van der Waals surface area contributed by atoms with Crippen molar-refractivity contribution >= 4 is 0 Å². The topological polar surface area (TPSA) is 33.1 Å². The molecule has 3 rings (SSSR count). The molecule has 0 spiro atoms. The molecule has 0 aromatic carbocycles. The highest BCUT2D eigenvalue weighted by Crippen LogP contribution is 2.34. The molecule has 2 unspecified atom stereocenters. The molecule has 0 amide bonds.